The van der Waals surface area contributed by atoms with Crippen LogP contribution in [0, 0.1) is 5.92 Å². The quantitative estimate of drug-likeness (QED) is 0.884. The molecule has 0 aromatic heterocycles. The molecule has 1 aliphatic rings. The molecule has 19 heavy (non-hydrogen) atoms. The van der Waals surface area contributed by atoms with Gasteiger partial charge in [0.15, 0.2) is 0 Å². The molecular formula is C14H21ClN2O2. The number of halogens is 1. The van der Waals surface area contributed by atoms with Crippen molar-refractivity contribution in [2.45, 2.75) is 25.8 Å². The van der Waals surface area contributed by atoms with E-state index in [9.17, 15) is 4.79 Å². The number of hydrogen-bond donors (Lipinski definition) is 2. The van der Waals surface area contributed by atoms with E-state index >= 15 is 0 Å². The summed E-state index contributed by atoms with van der Waals surface area (Å²) in [6.45, 7) is 4.69. The first-order chi connectivity index (χ1) is 8.46. The third-order valence-electron chi connectivity index (χ3n) is 2.97. The Hall–Kier alpha value is -1.26. The predicted molar refractivity (Wildman–Crippen MR) is 77.7 cm³/mol. The highest BCUT2D eigenvalue weighted by molar-refractivity contribution is 5.85. The molecule has 0 spiro atoms. The van der Waals surface area contributed by atoms with Crippen molar-refractivity contribution in [2.24, 2.45) is 11.7 Å². The van der Waals surface area contributed by atoms with Crippen LogP contribution in [0.2, 0.25) is 0 Å². The lowest BCUT2D eigenvalue weighted by Crippen LogP contribution is -2.48. The summed E-state index contributed by atoms with van der Waals surface area (Å²) in [7, 11) is 0. The van der Waals surface area contributed by atoms with E-state index < -0.39 is 0 Å². The minimum Gasteiger partial charge on any atom is -0.492 e. The minimum absolute atomic E-state index is 0. The molecule has 106 valence electrons. The van der Waals surface area contributed by atoms with Crippen LogP contribution in [0.5, 0.6) is 5.75 Å². The SMILES string of the molecule is CC(C)(N)CNC(=O)C1COc2ccccc2C1.Cl. The number of ether oxygens (including phenoxy) is 1. The van der Waals surface area contributed by atoms with E-state index in [0.29, 0.717) is 13.2 Å². The Bertz CT molecular complexity index is 443. The van der Waals surface area contributed by atoms with E-state index in [4.69, 9.17) is 10.5 Å². The van der Waals surface area contributed by atoms with Crippen LogP contribution in [0.4, 0.5) is 0 Å². The lowest BCUT2D eigenvalue weighted by Gasteiger charge is -2.26. The van der Waals surface area contributed by atoms with Gasteiger partial charge in [-0.25, -0.2) is 0 Å². The third kappa shape index (κ3) is 4.40. The maximum Gasteiger partial charge on any atom is 0.226 e. The van der Waals surface area contributed by atoms with Gasteiger partial charge < -0.3 is 15.8 Å². The van der Waals surface area contributed by atoms with Gasteiger partial charge in [-0.3, -0.25) is 4.79 Å². The summed E-state index contributed by atoms with van der Waals surface area (Å²) in [6, 6.07) is 7.84. The lowest BCUT2D eigenvalue weighted by atomic mass is 9.95. The van der Waals surface area contributed by atoms with Crippen LogP contribution in [0.15, 0.2) is 24.3 Å². The first-order valence-electron chi connectivity index (χ1n) is 6.23. The number of benzene rings is 1. The molecule has 1 aromatic rings. The van der Waals surface area contributed by atoms with Gasteiger partial charge in [0.05, 0.1) is 5.92 Å². The van der Waals surface area contributed by atoms with Gasteiger partial charge >= 0.3 is 0 Å². The largest absolute Gasteiger partial charge is 0.492 e. The molecule has 5 heteroatoms. The average Bonchev–Trinajstić information content (AvgIpc) is 2.34. The Balaban J connectivity index is 0.00000180. The van der Waals surface area contributed by atoms with E-state index in [1.54, 1.807) is 0 Å². The molecule has 1 unspecified atom stereocenters. The van der Waals surface area contributed by atoms with E-state index in [1.165, 1.54) is 0 Å². The van der Waals surface area contributed by atoms with E-state index in [1.807, 2.05) is 38.1 Å². The standard InChI is InChI=1S/C14H20N2O2.ClH/c1-14(2,15)9-16-13(17)11-7-10-5-3-4-6-12(10)18-8-11;/h3-6,11H,7-9,15H2,1-2H3,(H,16,17);1H. The smallest absolute Gasteiger partial charge is 0.226 e. The van der Waals surface area contributed by atoms with Crippen molar-refractivity contribution in [1.29, 1.82) is 0 Å². The number of fused-ring (bicyclic) bond motifs is 1. The molecular weight excluding hydrogens is 264 g/mol. The average molecular weight is 285 g/mol. The summed E-state index contributed by atoms with van der Waals surface area (Å²) in [5.41, 5.74) is 6.55. The van der Waals surface area contributed by atoms with Crippen LogP contribution in [-0.4, -0.2) is 24.6 Å². The molecule has 3 N–H and O–H groups in total. The van der Waals surface area contributed by atoms with Crippen LogP contribution in [0.25, 0.3) is 0 Å². The molecule has 0 saturated heterocycles. The van der Waals surface area contributed by atoms with E-state index in [2.05, 4.69) is 5.32 Å². The maximum atomic E-state index is 12.0. The van der Waals surface area contributed by atoms with Crippen molar-refractivity contribution in [2.75, 3.05) is 13.2 Å². The van der Waals surface area contributed by atoms with Gasteiger partial charge in [-0.05, 0) is 31.9 Å². The fourth-order valence-electron chi connectivity index (χ4n) is 1.96. The molecule has 0 radical (unpaired) electrons. The van der Waals surface area contributed by atoms with Crippen molar-refractivity contribution in [1.82, 2.24) is 5.32 Å². The molecule has 0 fully saturated rings. The molecule has 0 saturated carbocycles. The zero-order valence-corrected chi connectivity index (χ0v) is 12.1. The van der Waals surface area contributed by atoms with Crippen molar-refractivity contribution >= 4 is 18.3 Å². The second-order valence-electron chi connectivity index (χ2n) is 5.53. The second-order valence-corrected chi connectivity index (χ2v) is 5.53. The van der Waals surface area contributed by atoms with Crippen molar-refractivity contribution in [3.8, 4) is 5.75 Å². The molecule has 1 atom stereocenters. The number of amides is 1. The normalized spacial score (nSPS) is 17.7. The first kappa shape index (κ1) is 15.8. The zero-order chi connectivity index (χ0) is 13.2. The Morgan fingerprint density at radius 3 is 2.84 bits per heavy atom. The van der Waals surface area contributed by atoms with Crippen LogP contribution >= 0.6 is 12.4 Å². The van der Waals surface area contributed by atoms with Gasteiger partial charge in [-0.15, -0.1) is 12.4 Å². The fraction of sp³-hybridized carbons (Fsp3) is 0.500. The van der Waals surface area contributed by atoms with Crippen LogP contribution in [-0.2, 0) is 11.2 Å². The monoisotopic (exact) mass is 284 g/mol. The molecule has 1 aliphatic heterocycles. The molecule has 4 nitrogen and oxygen atoms in total. The molecule has 0 bridgehead atoms. The highest BCUT2D eigenvalue weighted by Gasteiger charge is 2.26. The molecule has 1 heterocycles. The highest BCUT2D eigenvalue weighted by Crippen LogP contribution is 2.26. The van der Waals surface area contributed by atoms with Crippen molar-refractivity contribution < 1.29 is 9.53 Å². The molecule has 2 rings (SSSR count). The number of carbonyl (C=O) groups excluding carboxylic acids is 1. The first-order valence-corrected chi connectivity index (χ1v) is 6.23. The Morgan fingerprint density at radius 2 is 2.16 bits per heavy atom. The number of nitrogens with two attached hydrogens (primary N) is 1. The Labute approximate surface area is 120 Å². The third-order valence-corrected chi connectivity index (χ3v) is 2.97. The summed E-state index contributed by atoms with van der Waals surface area (Å²) in [5.74, 6) is 0.783. The number of rotatable bonds is 3. The second kappa shape index (κ2) is 6.26. The summed E-state index contributed by atoms with van der Waals surface area (Å²) in [6.07, 6.45) is 0.729. The van der Waals surface area contributed by atoms with E-state index in [0.717, 1.165) is 17.7 Å². The van der Waals surface area contributed by atoms with Crippen LogP contribution < -0.4 is 15.8 Å². The van der Waals surface area contributed by atoms with Crippen molar-refractivity contribution in [3.05, 3.63) is 29.8 Å². The summed E-state index contributed by atoms with van der Waals surface area (Å²) >= 11 is 0. The number of hydrogen-bond acceptors (Lipinski definition) is 3. The highest BCUT2D eigenvalue weighted by atomic mass is 35.5. The summed E-state index contributed by atoms with van der Waals surface area (Å²) in [5, 5.41) is 2.88. The van der Waals surface area contributed by atoms with Gasteiger partial charge in [0.1, 0.15) is 12.4 Å². The van der Waals surface area contributed by atoms with Crippen molar-refractivity contribution in [3.63, 3.8) is 0 Å². The number of carbonyl (C=O) groups is 1. The van der Waals surface area contributed by atoms with Gasteiger partial charge in [-0.2, -0.15) is 0 Å². The van der Waals surface area contributed by atoms with Gasteiger partial charge in [-0.1, -0.05) is 18.2 Å². The summed E-state index contributed by atoms with van der Waals surface area (Å²) in [4.78, 5) is 12.0. The van der Waals surface area contributed by atoms with Crippen LogP contribution in [0.1, 0.15) is 19.4 Å². The molecule has 0 aliphatic carbocycles. The number of nitrogens with one attached hydrogen (secondary N) is 1. The summed E-state index contributed by atoms with van der Waals surface area (Å²) < 4.78 is 5.60. The Morgan fingerprint density at radius 1 is 1.47 bits per heavy atom. The Kier molecular flexibility index (Phi) is 5.20. The minimum atomic E-state index is -0.386. The topological polar surface area (TPSA) is 64.3 Å². The zero-order valence-electron chi connectivity index (χ0n) is 11.3. The van der Waals surface area contributed by atoms with Crippen LogP contribution in [0.3, 0.4) is 0 Å². The number of para-hydroxylation sites is 1. The molecule has 1 aromatic carbocycles. The maximum absolute atomic E-state index is 12.0. The fourth-order valence-corrected chi connectivity index (χ4v) is 1.96. The van der Waals surface area contributed by atoms with E-state index in [-0.39, 0.29) is 29.8 Å². The lowest BCUT2D eigenvalue weighted by molar-refractivity contribution is -0.126. The van der Waals surface area contributed by atoms with Gasteiger partial charge in [0.2, 0.25) is 5.91 Å². The molecule has 1 amide bonds. The predicted octanol–water partition coefficient (Wildman–Crippen LogP) is 1.51. The van der Waals surface area contributed by atoms with Gasteiger partial charge in [0.25, 0.3) is 0 Å². The van der Waals surface area contributed by atoms with Gasteiger partial charge in [0, 0.05) is 12.1 Å².